The van der Waals surface area contributed by atoms with Crippen molar-refractivity contribution in [3.63, 3.8) is 0 Å². The third-order valence-electron chi connectivity index (χ3n) is 18.5. The molecule has 0 radical (unpaired) electrons. The standard InChI is InChI=1S/C70H91I7O42/c1-22(78)92-50-43-36(15-71)106-64(57(50)99-29(8)85)114-44-37(16-72)108-66(59(101-31(10)87)51(44)93-23(2)79)116-46-39(18-74)110-68(61(103-33(12)89)53(46)95-25(4)81)118-48-41(20-76)112-70(63(105-35(14)91)55(48)97-27(6)83)119-49-42(21-77)111-69(62(104-34(13)90)56(49)98-28(7)84)117-47-40(19-75)109-67(60(102-32(11)88)54(47)96-26(5)82)115-45-38(17-73)107-65(113-43)58(100-30(9)86)52(45)94-24(3)80/h36-70H,15-21H2,1-14H3/t36-,37-,38-,39-,40-,41-,42-,43-,44-,45-,46-,47-,48-,49-,50+,51+,52+,53+,54+,55+,56+,57-,58-,59-,60-,61-,62-,63-,64-,65-,66-,67-,68-,69-,70-/m1/s1. The summed E-state index contributed by atoms with van der Waals surface area (Å²) >= 11 is 13.2. The Bertz CT molecular complexity index is 2960. The highest BCUT2D eigenvalue weighted by Gasteiger charge is 2.65. The van der Waals surface area contributed by atoms with Crippen molar-refractivity contribution < 1.29 is 200 Å². The van der Waals surface area contributed by atoms with Crippen molar-refractivity contribution in [3.8, 4) is 0 Å². The normalized spacial score (nSPS) is 39.1. The average Bonchev–Trinajstić information content (AvgIpc) is 0.806. The van der Waals surface area contributed by atoms with Gasteiger partial charge in [0, 0.05) is 128 Å². The molecule has 21 aliphatic heterocycles. The molecule has 35 atom stereocenters. The van der Waals surface area contributed by atoms with E-state index in [1.54, 1.807) is 0 Å². The highest BCUT2D eigenvalue weighted by Crippen LogP contribution is 2.45. The zero-order valence-electron chi connectivity index (χ0n) is 65.9. The lowest BCUT2D eigenvalue weighted by atomic mass is 9.95. The van der Waals surface area contributed by atoms with E-state index < -0.39 is 299 Å². The molecule has 0 amide bonds. The fourth-order valence-corrected chi connectivity index (χ4v) is 19.5. The molecule has 21 saturated heterocycles. The zero-order chi connectivity index (χ0) is 88.0. The second-order valence-corrected chi connectivity index (χ2v) is 33.8. The minimum absolute atomic E-state index is 0.149. The molecule has 14 bridgehead atoms. The number of carbonyl (C=O) groups excluding carboxylic acids is 14. The van der Waals surface area contributed by atoms with E-state index in [0.717, 1.165) is 96.9 Å². The van der Waals surface area contributed by atoms with Crippen LogP contribution in [-0.4, -0.2) is 330 Å². The summed E-state index contributed by atoms with van der Waals surface area (Å²) < 4.78 is 178. The zero-order valence-corrected chi connectivity index (χ0v) is 81.1. The molecule has 0 N–H and O–H groups in total. The predicted octanol–water partition coefficient (Wildman–Crippen LogP) is 2.86. The molecule has 21 fully saturated rings. The molecule has 0 spiro atoms. The van der Waals surface area contributed by atoms with E-state index in [1.165, 1.54) is 0 Å². The van der Waals surface area contributed by atoms with Crippen LogP contribution in [0.15, 0.2) is 0 Å². The maximum absolute atomic E-state index is 13.7. The first-order valence-corrected chi connectivity index (χ1v) is 47.4. The van der Waals surface area contributed by atoms with Crippen LogP contribution in [0.5, 0.6) is 0 Å². The molecule has 0 aromatic carbocycles. The topological polar surface area (TPSA) is 497 Å². The molecule has 119 heavy (non-hydrogen) atoms. The Balaban J connectivity index is 1.39. The van der Waals surface area contributed by atoms with Crippen molar-refractivity contribution in [3.05, 3.63) is 0 Å². The van der Waals surface area contributed by atoms with Crippen molar-refractivity contribution in [2.75, 3.05) is 31.0 Å². The van der Waals surface area contributed by atoms with Gasteiger partial charge in [-0.2, -0.15) is 0 Å². The molecule has 0 aromatic heterocycles. The van der Waals surface area contributed by atoms with Crippen LogP contribution in [0.4, 0.5) is 0 Å². The molecule has 672 valence electrons. The first-order valence-electron chi connectivity index (χ1n) is 36.7. The highest BCUT2D eigenvalue weighted by atomic mass is 127. The Kier molecular flexibility index (Phi) is 39.9. The molecule has 0 unspecified atom stereocenters. The smallest absolute Gasteiger partial charge is 0.303 e. The molecule has 0 aliphatic carbocycles. The van der Waals surface area contributed by atoms with Gasteiger partial charge in [0.05, 0.1) is 42.7 Å². The van der Waals surface area contributed by atoms with E-state index >= 15 is 0 Å². The molecule has 0 aromatic rings. The van der Waals surface area contributed by atoms with Crippen molar-refractivity contribution in [2.24, 2.45) is 0 Å². The summed E-state index contributed by atoms with van der Waals surface area (Å²) in [7, 11) is 0. The Morgan fingerprint density at radius 3 is 0.319 bits per heavy atom. The summed E-state index contributed by atoms with van der Waals surface area (Å²) in [5.74, 6) is -14.5. The second kappa shape index (κ2) is 46.7. The summed E-state index contributed by atoms with van der Waals surface area (Å²) in [5, 5.41) is 0. The number of halogens is 7. The molecule has 42 nitrogen and oxygen atoms in total. The minimum Gasteiger partial charge on any atom is -0.455 e. The van der Waals surface area contributed by atoms with Crippen LogP contribution in [0.2, 0.25) is 0 Å². The maximum Gasteiger partial charge on any atom is 0.303 e. The summed E-state index contributed by atoms with van der Waals surface area (Å²) in [6.45, 7) is 14.0. The van der Waals surface area contributed by atoms with Gasteiger partial charge in [0.15, 0.2) is 129 Å². The highest BCUT2D eigenvalue weighted by molar-refractivity contribution is 14.1. The van der Waals surface area contributed by atoms with Gasteiger partial charge in [0.2, 0.25) is 0 Å². The van der Waals surface area contributed by atoms with E-state index in [2.05, 4.69) is 0 Å². The van der Waals surface area contributed by atoms with Gasteiger partial charge in [-0.3, -0.25) is 67.1 Å². The number of carbonyl (C=O) groups is 14. The average molecular weight is 2490 g/mol. The van der Waals surface area contributed by atoms with Crippen LogP contribution >= 0.6 is 158 Å². The quantitative estimate of drug-likeness (QED) is 0.0690. The molecule has 0 saturated carbocycles. The lowest BCUT2D eigenvalue weighted by Crippen LogP contribution is -2.70. The monoisotopic (exact) mass is 2490 g/mol. The number of hydrogen-bond donors (Lipinski definition) is 0. The molecule has 49 heteroatoms. The number of hydrogen-bond acceptors (Lipinski definition) is 42. The van der Waals surface area contributed by atoms with Gasteiger partial charge in [-0.15, -0.1) is 0 Å². The van der Waals surface area contributed by atoms with Crippen LogP contribution in [0.1, 0.15) is 96.9 Å². The molecular weight excluding hydrogens is 2400 g/mol. The van der Waals surface area contributed by atoms with Gasteiger partial charge in [-0.05, 0) is 0 Å². The van der Waals surface area contributed by atoms with Gasteiger partial charge in [0.1, 0.15) is 42.7 Å². The molecular formula is C70H91I7O42. The first-order chi connectivity index (χ1) is 56.2. The van der Waals surface area contributed by atoms with Crippen molar-refractivity contribution in [2.45, 2.75) is 312 Å². The second-order valence-electron chi connectivity index (χ2n) is 27.6. The van der Waals surface area contributed by atoms with Crippen molar-refractivity contribution in [1.82, 2.24) is 0 Å². The fraction of sp³-hybridized carbons (Fsp3) is 0.800. The lowest BCUT2D eigenvalue weighted by molar-refractivity contribution is -0.389. The van der Waals surface area contributed by atoms with Gasteiger partial charge in [-0.1, -0.05) is 158 Å². The van der Waals surface area contributed by atoms with E-state index in [9.17, 15) is 67.1 Å². The minimum atomic E-state index is -1.95. The van der Waals surface area contributed by atoms with Crippen LogP contribution in [0, 0.1) is 0 Å². The SMILES string of the molecule is CC(=O)O[C@@H]1[C@@H](OC(C)=O)[C@H]2O[C@H]3[C@H](OC(C)=O)[C@@H](OC(C)=O)[C@@H](O[C@H]4[C@H](OC(C)=O)[C@@H](OC(C)=O)[C@@H](O[C@H]5[C@H](OC(C)=O)[C@@H](OC(C)=O)[C@@H](O[C@H]6[C@H](OC(C)=O)[C@@H](OC(C)=O)[C@@H](O[C@H]7[C@H](OC(C)=O)[C@@H](OC(C)=O)[C@@H](O[C@H]8[C@H](OC(C)=O)[C@@H](OC(C)=O)[C@@H](O[C@@H]1[C@@H](CI)O2)O[C@@H]8CI)O[C@@H]7CI)O[C@@H]6CI)O[C@@H]5CI)O[C@@H]4CI)O[C@@H]3CI. The van der Waals surface area contributed by atoms with Crippen LogP contribution in [0.25, 0.3) is 0 Å². The Labute approximate surface area is 776 Å². The van der Waals surface area contributed by atoms with E-state index in [1.807, 2.05) is 158 Å². The summed E-state index contributed by atoms with van der Waals surface area (Å²) in [5.41, 5.74) is 0. The fourth-order valence-electron chi connectivity index (χ4n) is 14.5. The lowest BCUT2D eigenvalue weighted by Gasteiger charge is -2.52. The Morgan fingerprint density at radius 2 is 0.244 bits per heavy atom. The Hall–Kier alpha value is -2.87. The van der Waals surface area contributed by atoms with Crippen LogP contribution in [0.3, 0.4) is 0 Å². The maximum atomic E-state index is 13.7. The van der Waals surface area contributed by atoms with Crippen LogP contribution < -0.4 is 0 Å². The molecule has 21 rings (SSSR count). The largest absolute Gasteiger partial charge is 0.455 e. The van der Waals surface area contributed by atoms with Crippen LogP contribution in [-0.2, 0) is 200 Å². The number of rotatable bonds is 21. The third kappa shape index (κ3) is 26.7. The van der Waals surface area contributed by atoms with E-state index in [0.29, 0.717) is 0 Å². The van der Waals surface area contributed by atoms with Gasteiger partial charge in [0.25, 0.3) is 0 Å². The number of alkyl halides is 7. The summed E-state index contributed by atoms with van der Waals surface area (Å²) in [6.07, 6.45) is -62.1. The van der Waals surface area contributed by atoms with Gasteiger partial charge >= 0.3 is 83.6 Å². The van der Waals surface area contributed by atoms with Crippen molar-refractivity contribution in [1.29, 1.82) is 0 Å². The summed E-state index contributed by atoms with van der Waals surface area (Å²) in [4.78, 5) is 191. The molecule has 21 heterocycles. The third-order valence-corrected chi connectivity index (χ3v) is 24.5. The first kappa shape index (κ1) is 102. The summed E-state index contributed by atoms with van der Waals surface area (Å²) in [6, 6.07) is 0. The van der Waals surface area contributed by atoms with E-state index in [4.69, 9.17) is 133 Å². The van der Waals surface area contributed by atoms with E-state index in [-0.39, 0.29) is 31.0 Å². The number of esters is 14. The number of ether oxygens (including phenoxy) is 28. The Morgan fingerprint density at radius 1 is 0.160 bits per heavy atom. The van der Waals surface area contributed by atoms with Gasteiger partial charge < -0.3 is 133 Å². The molecule has 21 aliphatic rings. The van der Waals surface area contributed by atoms with Gasteiger partial charge in [-0.25, -0.2) is 0 Å². The predicted molar refractivity (Wildman–Crippen MR) is 445 cm³/mol. The van der Waals surface area contributed by atoms with Crippen molar-refractivity contribution >= 4 is 242 Å².